The van der Waals surface area contributed by atoms with Crippen LogP contribution in [-0.2, 0) is 21.7 Å². The molecule has 1 N–H and O–H groups in total. The van der Waals surface area contributed by atoms with Gasteiger partial charge in [-0.2, -0.15) is 6.07 Å². The normalized spacial score (nSPS) is 8.68. The number of fused-ring (bicyclic) bond motifs is 1. The fourth-order valence-corrected chi connectivity index (χ4v) is 1.31. The Morgan fingerprint density at radius 3 is 1.89 bits per heavy atom. The summed E-state index contributed by atoms with van der Waals surface area (Å²) in [6, 6.07) is 12.8. The number of nitrogens with one attached hydrogen (secondary N) is 1. The number of aryl methyl sites for hydroxylation is 1. The van der Waals surface area contributed by atoms with Gasteiger partial charge in [0.15, 0.2) is 0 Å². The van der Waals surface area contributed by atoms with Gasteiger partial charge in [-0.05, 0) is 0 Å². The Labute approximate surface area is 139 Å². The molecule has 102 valence electrons. The first kappa shape index (κ1) is 27.1. The minimum absolute atomic E-state index is 0. The van der Waals surface area contributed by atoms with Gasteiger partial charge in [0.1, 0.15) is 0 Å². The Hall–Kier alpha value is -0.279. The monoisotopic (exact) mass is 307 g/mol. The van der Waals surface area contributed by atoms with Gasteiger partial charge in [-0.3, -0.25) is 0 Å². The molecule has 0 saturated carbocycles. The summed E-state index contributed by atoms with van der Waals surface area (Å²) in [5.41, 5.74) is 8.04. The van der Waals surface area contributed by atoms with Crippen molar-refractivity contribution < 1.29 is 21.7 Å². The molecule has 0 aliphatic carbocycles. The average molecular weight is 307 g/mol. The first-order valence-electron chi connectivity index (χ1n) is 5.23. The molecule has 2 aromatic carbocycles. The third-order valence-corrected chi connectivity index (χ3v) is 1.76. The summed E-state index contributed by atoms with van der Waals surface area (Å²) in [6.07, 6.45) is 0. The zero-order chi connectivity index (χ0) is 11.5. The third kappa shape index (κ3) is 12.5. The van der Waals surface area contributed by atoms with Gasteiger partial charge in [0.05, 0.1) is 0 Å². The van der Waals surface area contributed by atoms with Gasteiger partial charge in [-0.15, -0.1) is 46.1 Å². The van der Waals surface area contributed by atoms with E-state index in [1.807, 2.05) is 20.8 Å². The van der Waals surface area contributed by atoms with Gasteiger partial charge in [0.2, 0.25) is 0 Å². The second kappa shape index (κ2) is 11.5. The standard InChI is InChI=1S/C10H9.C4H10N.2CH3.Si.Ti/c1-8-6-9-4-2-3-5-10(9)7-8;1-4(2,3)5;;;;/h2-7H,1H3;5H,1-3H3;2*1H3;;/q4*-1;;+4. The van der Waals surface area contributed by atoms with Crippen LogP contribution in [0.3, 0.4) is 0 Å². The minimum Gasteiger partial charge on any atom is -0.673 e. The molecular weight excluding hydrogens is 282 g/mol. The Bertz CT molecular complexity index is 390. The van der Waals surface area contributed by atoms with E-state index in [-0.39, 0.29) is 53.1 Å². The minimum atomic E-state index is -0.250. The van der Waals surface area contributed by atoms with Gasteiger partial charge in [0.25, 0.3) is 0 Å². The average Bonchev–Trinajstić information content (AvgIpc) is 2.40. The van der Waals surface area contributed by atoms with E-state index in [0.29, 0.717) is 0 Å². The van der Waals surface area contributed by atoms with Gasteiger partial charge < -0.3 is 20.6 Å². The SMILES string of the molecule is CC(C)(C)[NH-].Cc1cc2ccccc2[cH-]1.[CH3-].[CH3-].[Si].[Ti+4]. The summed E-state index contributed by atoms with van der Waals surface area (Å²) in [7, 11) is 0. The third-order valence-electron chi connectivity index (χ3n) is 1.76. The van der Waals surface area contributed by atoms with E-state index in [9.17, 15) is 0 Å². The molecule has 4 radical (unpaired) electrons. The Balaban J connectivity index is -0.000000113. The Kier molecular flexibility index (Phi) is 16.5. The quantitative estimate of drug-likeness (QED) is 0.470. The fourth-order valence-electron chi connectivity index (χ4n) is 1.31. The van der Waals surface area contributed by atoms with Crippen LogP contribution in [0.2, 0.25) is 0 Å². The van der Waals surface area contributed by atoms with Gasteiger partial charge >= 0.3 is 21.7 Å². The van der Waals surface area contributed by atoms with Crippen molar-refractivity contribution in [3.8, 4) is 0 Å². The molecule has 1 nitrogen and oxygen atoms in total. The smallest absolute Gasteiger partial charge is 0.673 e. The maximum atomic E-state index is 6.94. The van der Waals surface area contributed by atoms with E-state index in [2.05, 4.69) is 43.3 Å². The van der Waals surface area contributed by atoms with Gasteiger partial charge in [-0.25, -0.2) is 0 Å². The predicted octanol–water partition coefficient (Wildman–Crippen LogP) is 5.22. The van der Waals surface area contributed by atoms with Crippen molar-refractivity contribution in [3.63, 3.8) is 0 Å². The van der Waals surface area contributed by atoms with E-state index < -0.39 is 0 Å². The molecule has 0 heterocycles. The number of hydrogen-bond donors (Lipinski definition) is 0. The first-order valence-corrected chi connectivity index (χ1v) is 5.23. The van der Waals surface area contributed by atoms with Crippen LogP contribution in [0.5, 0.6) is 0 Å². The maximum Gasteiger partial charge on any atom is 4.00 e. The molecule has 0 unspecified atom stereocenters. The van der Waals surface area contributed by atoms with Crippen LogP contribution < -0.4 is 0 Å². The molecule has 0 fully saturated rings. The number of hydrogen-bond acceptors (Lipinski definition) is 0. The zero-order valence-corrected chi connectivity index (χ0v) is 15.5. The summed E-state index contributed by atoms with van der Waals surface area (Å²) in [5.74, 6) is 0. The summed E-state index contributed by atoms with van der Waals surface area (Å²) in [5, 5.41) is 2.69. The second-order valence-corrected chi connectivity index (χ2v) is 4.91. The van der Waals surface area contributed by atoms with Crippen molar-refractivity contribution in [2.75, 3.05) is 0 Å². The van der Waals surface area contributed by atoms with Crippen LogP contribution in [-0.4, -0.2) is 16.5 Å². The van der Waals surface area contributed by atoms with Crippen LogP contribution in [0, 0.1) is 21.8 Å². The number of benzene rings is 1. The molecule has 0 saturated heterocycles. The van der Waals surface area contributed by atoms with Crippen LogP contribution in [0.25, 0.3) is 16.5 Å². The molecular formula is C16H25NSiTi. The van der Waals surface area contributed by atoms with Crippen LogP contribution in [0.1, 0.15) is 26.3 Å². The largest absolute Gasteiger partial charge is 4.00 e. The summed E-state index contributed by atoms with van der Waals surface area (Å²) in [4.78, 5) is 0. The molecule has 0 spiro atoms. The van der Waals surface area contributed by atoms with Crippen molar-refractivity contribution in [2.45, 2.75) is 33.2 Å². The molecule has 0 amide bonds. The van der Waals surface area contributed by atoms with Crippen LogP contribution in [0.15, 0.2) is 36.4 Å². The summed E-state index contributed by atoms with van der Waals surface area (Å²) >= 11 is 0. The van der Waals surface area contributed by atoms with Gasteiger partial charge in [-0.1, -0.05) is 33.8 Å². The van der Waals surface area contributed by atoms with Crippen molar-refractivity contribution in [1.82, 2.24) is 0 Å². The second-order valence-electron chi connectivity index (χ2n) is 4.91. The summed E-state index contributed by atoms with van der Waals surface area (Å²) in [6.45, 7) is 7.69. The molecule has 0 aromatic heterocycles. The van der Waals surface area contributed by atoms with Crippen molar-refractivity contribution in [2.24, 2.45) is 0 Å². The molecule has 0 bridgehead atoms. The maximum absolute atomic E-state index is 6.94. The number of rotatable bonds is 0. The van der Waals surface area contributed by atoms with E-state index in [1.54, 1.807) is 0 Å². The predicted molar refractivity (Wildman–Crippen MR) is 86.9 cm³/mol. The van der Waals surface area contributed by atoms with E-state index in [4.69, 9.17) is 5.73 Å². The Morgan fingerprint density at radius 2 is 1.47 bits per heavy atom. The van der Waals surface area contributed by atoms with Crippen molar-refractivity contribution in [3.05, 3.63) is 62.5 Å². The molecule has 19 heavy (non-hydrogen) atoms. The summed E-state index contributed by atoms with van der Waals surface area (Å²) < 4.78 is 0. The van der Waals surface area contributed by atoms with E-state index in [0.717, 1.165) is 0 Å². The molecule has 0 atom stereocenters. The van der Waals surface area contributed by atoms with Crippen molar-refractivity contribution >= 4 is 21.7 Å². The molecule has 2 rings (SSSR count). The van der Waals surface area contributed by atoms with Crippen molar-refractivity contribution in [1.29, 1.82) is 0 Å². The first-order chi connectivity index (χ1) is 6.86. The molecule has 2 aromatic rings. The topological polar surface area (TPSA) is 23.8 Å². The molecule has 3 heteroatoms. The van der Waals surface area contributed by atoms with Crippen LogP contribution >= 0.6 is 0 Å². The van der Waals surface area contributed by atoms with Gasteiger partial charge in [0, 0.05) is 11.0 Å². The fraction of sp³-hybridized carbons (Fsp3) is 0.312. The van der Waals surface area contributed by atoms with E-state index >= 15 is 0 Å². The molecule has 0 aliphatic heterocycles. The molecule has 0 aliphatic rings. The zero-order valence-electron chi connectivity index (χ0n) is 13.0. The Morgan fingerprint density at radius 1 is 1.05 bits per heavy atom. The van der Waals surface area contributed by atoms with E-state index in [1.165, 1.54) is 16.3 Å². The van der Waals surface area contributed by atoms with Crippen LogP contribution in [0.4, 0.5) is 0 Å².